The van der Waals surface area contributed by atoms with Gasteiger partial charge in [-0.3, -0.25) is 0 Å². The topological polar surface area (TPSA) is 20.2 Å². The Kier molecular flexibility index (Phi) is 6.21. The number of phenolic OH excluding ortho intramolecular Hbond substituents is 1. The van der Waals surface area contributed by atoms with Crippen molar-refractivity contribution in [2.24, 2.45) is 11.8 Å². The summed E-state index contributed by atoms with van der Waals surface area (Å²) in [6.45, 7) is 18.8. The highest BCUT2D eigenvalue weighted by Crippen LogP contribution is 2.67. The van der Waals surface area contributed by atoms with Crippen LogP contribution in [0.1, 0.15) is 72.4 Å². The first kappa shape index (κ1) is 23.1. The summed E-state index contributed by atoms with van der Waals surface area (Å²) in [7, 11) is -1.90. The van der Waals surface area contributed by atoms with E-state index >= 15 is 0 Å². The molecule has 0 amide bonds. The van der Waals surface area contributed by atoms with Gasteiger partial charge in [-0.25, -0.2) is 0 Å². The summed E-state index contributed by atoms with van der Waals surface area (Å²) >= 11 is 4.63. The van der Waals surface area contributed by atoms with Crippen molar-refractivity contribution >= 4 is 36.8 Å². The van der Waals surface area contributed by atoms with Crippen molar-refractivity contribution in [1.82, 2.24) is 0 Å². The number of thioether (sulfide) groups is 2. The van der Waals surface area contributed by atoms with Gasteiger partial charge in [-0.15, -0.1) is 0 Å². The maximum absolute atomic E-state index is 11.7. The summed E-state index contributed by atoms with van der Waals surface area (Å²) in [6, 6.07) is 7.15. The number of aryl methyl sites for hydroxylation is 1. The lowest BCUT2D eigenvalue weighted by Gasteiger charge is -2.43. The minimum Gasteiger partial charge on any atom is -0.508 e. The Balaban J connectivity index is 1.89. The van der Waals surface area contributed by atoms with Crippen molar-refractivity contribution in [3.05, 3.63) is 23.3 Å². The standard InChI is InChI=1S/C26H42OS2Si/c1-9-30(10-2,21-12-15(3)11-20(22(21)27)26(6,7)8)25-23-18(13-16(4)28-23)19-14-17(5)29-24(19)25/h11-12,16-19,23-25,27H,9-10,13-14H2,1-8H3. The Morgan fingerprint density at radius 2 is 1.47 bits per heavy atom. The molecular weight excluding hydrogens is 421 g/mol. The minimum atomic E-state index is -1.90. The van der Waals surface area contributed by atoms with Gasteiger partial charge in [0, 0.05) is 21.0 Å². The molecule has 0 radical (unpaired) electrons. The number of aromatic hydroxyl groups is 1. The second-order valence-electron chi connectivity index (χ2n) is 11.5. The van der Waals surface area contributed by atoms with Gasteiger partial charge in [-0.05, 0) is 53.3 Å². The molecule has 1 aliphatic carbocycles. The van der Waals surface area contributed by atoms with Crippen LogP contribution in [0.5, 0.6) is 5.75 Å². The number of rotatable bonds is 4. The average molecular weight is 463 g/mol. The molecule has 1 aromatic rings. The summed E-state index contributed by atoms with van der Waals surface area (Å²) in [5, 5.41) is 16.4. The molecule has 1 aromatic carbocycles. The van der Waals surface area contributed by atoms with Gasteiger partial charge in [0.2, 0.25) is 0 Å². The Morgan fingerprint density at radius 3 is 1.90 bits per heavy atom. The van der Waals surface area contributed by atoms with Crippen molar-refractivity contribution in [2.75, 3.05) is 0 Å². The molecule has 2 heterocycles. The highest BCUT2D eigenvalue weighted by atomic mass is 32.2. The van der Waals surface area contributed by atoms with Crippen molar-refractivity contribution in [3.8, 4) is 5.75 Å². The predicted octanol–water partition coefficient (Wildman–Crippen LogP) is 7.10. The van der Waals surface area contributed by atoms with E-state index < -0.39 is 8.07 Å². The second kappa shape index (κ2) is 8.06. The normalized spacial score (nSPS) is 36.2. The molecule has 3 aliphatic rings. The fourth-order valence-electron chi connectivity index (χ4n) is 7.25. The van der Waals surface area contributed by atoms with Crippen LogP contribution in [0.2, 0.25) is 17.6 Å². The van der Waals surface area contributed by atoms with E-state index in [4.69, 9.17) is 0 Å². The van der Waals surface area contributed by atoms with E-state index in [0.29, 0.717) is 5.75 Å². The molecule has 1 nitrogen and oxygen atoms in total. The van der Waals surface area contributed by atoms with E-state index in [-0.39, 0.29) is 5.41 Å². The van der Waals surface area contributed by atoms with Crippen LogP contribution in [0.25, 0.3) is 0 Å². The first-order valence-electron chi connectivity index (χ1n) is 12.2. The minimum absolute atomic E-state index is 0.0273. The number of phenols is 1. The molecule has 30 heavy (non-hydrogen) atoms. The lowest BCUT2D eigenvalue weighted by Crippen LogP contribution is -2.55. The van der Waals surface area contributed by atoms with Gasteiger partial charge >= 0.3 is 0 Å². The van der Waals surface area contributed by atoms with Crippen LogP contribution < -0.4 is 5.19 Å². The monoisotopic (exact) mass is 462 g/mol. The van der Waals surface area contributed by atoms with E-state index in [1.54, 1.807) is 0 Å². The zero-order valence-corrected chi connectivity index (χ0v) is 22.9. The summed E-state index contributed by atoms with van der Waals surface area (Å²) in [5.41, 5.74) is 3.26. The molecule has 6 atom stereocenters. The number of hydrogen-bond acceptors (Lipinski definition) is 3. The predicted molar refractivity (Wildman–Crippen MR) is 140 cm³/mol. The average Bonchev–Trinajstić information content (AvgIpc) is 3.29. The molecule has 0 spiro atoms. The van der Waals surface area contributed by atoms with Crippen LogP contribution in [0.4, 0.5) is 0 Å². The SMILES string of the molecule is CC[Si](CC)(c1cc(C)cc(C(C)(C)C)c1O)C1C2SC(C)CC2C2CC(C)SC21. The number of hydrogen-bond donors (Lipinski definition) is 1. The lowest BCUT2D eigenvalue weighted by molar-refractivity contribution is 0.380. The molecular formula is C26H42OS2Si. The van der Waals surface area contributed by atoms with Crippen LogP contribution >= 0.6 is 23.5 Å². The molecule has 1 saturated carbocycles. The third kappa shape index (κ3) is 3.52. The van der Waals surface area contributed by atoms with Gasteiger partial charge in [-0.1, -0.05) is 78.3 Å². The molecule has 4 rings (SSSR count). The van der Waals surface area contributed by atoms with Crippen LogP contribution in [0.3, 0.4) is 0 Å². The number of benzene rings is 1. The van der Waals surface area contributed by atoms with Crippen LogP contribution in [0.15, 0.2) is 12.1 Å². The number of fused-ring (bicyclic) bond motifs is 3. The summed E-state index contributed by atoms with van der Waals surface area (Å²) in [4.78, 5) is 0. The van der Waals surface area contributed by atoms with Crippen molar-refractivity contribution in [3.63, 3.8) is 0 Å². The van der Waals surface area contributed by atoms with Gasteiger partial charge in [-0.2, -0.15) is 23.5 Å². The Labute approximate surface area is 194 Å². The molecule has 168 valence electrons. The first-order valence-corrected chi connectivity index (χ1v) is 16.6. The van der Waals surface area contributed by atoms with Gasteiger partial charge in [0.05, 0.1) is 8.07 Å². The summed E-state index contributed by atoms with van der Waals surface area (Å²) in [6.07, 6.45) is 2.84. The first-order chi connectivity index (χ1) is 14.0. The van der Waals surface area contributed by atoms with Gasteiger partial charge < -0.3 is 5.11 Å². The molecule has 6 unspecified atom stereocenters. The maximum Gasteiger partial charge on any atom is 0.118 e. The fourth-order valence-corrected chi connectivity index (χ4v) is 18.3. The highest BCUT2D eigenvalue weighted by Gasteiger charge is 2.63. The van der Waals surface area contributed by atoms with Crippen molar-refractivity contribution in [2.45, 2.75) is 112 Å². The second-order valence-corrected chi connectivity index (χ2v) is 19.6. The van der Waals surface area contributed by atoms with E-state index in [1.165, 1.54) is 35.7 Å². The Bertz CT molecular complexity index is 773. The van der Waals surface area contributed by atoms with Crippen molar-refractivity contribution in [1.29, 1.82) is 0 Å². The Morgan fingerprint density at radius 1 is 0.967 bits per heavy atom. The smallest absolute Gasteiger partial charge is 0.118 e. The molecule has 4 heteroatoms. The quantitative estimate of drug-likeness (QED) is 0.482. The van der Waals surface area contributed by atoms with Crippen LogP contribution in [-0.4, -0.2) is 34.2 Å². The lowest BCUT2D eigenvalue weighted by atomic mass is 9.85. The molecule has 0 aromatic heterocycles. The van der Waals surface area contributed by atoms with Gasteiger partial charge in [0.25, 0.3) is 0 Å². The highest BCUT2D eigenvalue weighted by molar-refractivity contribution is 8.02. The van der Waals surface area contributed by atoms with Gasteiger partial charge in [0.1, 0.15) is 5.75 Å². The molecule has 2 saturated heterocycles. The maximum atomic E-state index is 11.7. The van der Waals surface area contributed by atoms with E-state index in [9.17, 15) is 5.11 Å². The zero-order chi connectivity index (χ0) is 22.0. The van der Waals surface area contributed by atoms with Gasteiger partial charge in [0.15, 0.2) is 0 Å². The van der Waals surface area contributed by atoms with Crippen LogP contribution in [-0.2, 0) is 5.41 Å². The third-order valence-corrected chi connectivity index (χ3v) is 18.3. The fraction of sp³-hybridized carbons (Fsp3) is 0.769. The van der Waals surface area contributed by atoms with Crippen LogP contribution in [0, 0.1) is 18.8 Å². The molecule has 2 aliphatic heterocycles. The molecule has 3 fully saturated rings. The third-order valence-electron chi connectivity index (χ3n) is 8.59. The molecule has 1 N–H and O–H groups in total. The zero-order valence-electron chi connectivity index (χ0n) is 20.3. The van der Waals surface area contributed by atoms with E-state index in [1.807, 2.05) is 0 Å². The Hall–Kier alpha value is -0.0631. The largest absolute Gasteiger partial charge is 0.508 e. The summed E-state index contributed by atoms with van der Waals surface area (Å²) < 4.78 is 0. The van der Waals surface area contributed by atoms with Crippen molar-refractivity contribution < 1.29 is 5.11 Å². The van der Waals surface area contributed by atoms with E-state index in [2.05, 4.69) is 91.0 Å². The molecule has 0 bridgehead atoms. The van der Waals surface area contributed by atoms with E-state index in [0.717, 1.165) is 43.9 Å². The summed E-state index contributed by atoms with van der Waals surface area (Å²) in [5.74, 6) is 2.48.